The van der Waals surface area contributed by atoms with Crippen LogP contribution < -0.4 is 20.1 Å². The number of sulfonamides is 1. The van der Waals surface area contributed by atoms with Gasteiger partial charge in [0.25, 0.3) is 11.1 Å². The molecule has 288 valence electrons. The van der Waals surface area contributed by atoms with Gasteiger partial charge < -0.3 is 29.7 Å². The van der Waals surface area contributed by atoms with Crippen LogP contribution in [0.2, 0.25) is 0 Å². The molecule has 3 N–H and O–H groups in total. The molecule has 0 spiro atoms. The van der Waals surface area contributed by atoms with Gasteiger partial charge in [0.2, 0.25) is 21.8 Å². The SMILES string of the molecule is C=C[C@@H]1C[C@]1(NC(=O)[C@@H]1C[C@@](OC)(c2ccc(-c3cnc(OC)s3)cc2)CN1C(=O)[C@@H](NC(=O)OC1CCCC1)C(C)(C)C)C(=O)NS(=O)(=O)C1CC1. The van der Waals surface area contributed by atoms with Gasteiger partial charge in [-0.2, -0.15) is 0 Å². The van der Waals surface area contributed by atoms with Gasteiger partial charge in [0.1, 0.15) is 29.3 Å². The lowest BCUT2D eigenvalue weighted by Gasteiger charge is -2.36. The summed E-state index contributed by atoms with van der Waals surface area (Å²) in [7, 11) is -0.840. The van der Waals surface area contributed by atoms with Crippen molar-refractivity contribution in [3.63, 3.8) is 0 Å². The Morgan fingerprint density at radius 1 is 1.06 bits per heavy atom. The number of likely N-dealkylation sites (tertiary alicyclic amines) is 1. The second-order valence-electron chi connectivity index (χ2n) is 15.6. The van der Waals surface area contributed by atoms with Crippen LogP contribution in [0.3, 0.4) is 0 Å². The number of alkyl carbamates (subject to hydrolysis) is 1. The normalized spacial score (nSPS) is 26.4. The van der Waals surface area contributed by atoms with Crippen LogP contribution in [0.15, 0.2) is 43.1 Å². The number of amides is 4. The fourth-order valence-electron chi connectivity index (χ4n) is 7.38. The molecule has 2 heterocycles. The third-order valence-electron chi connectivity index (χ3n) is 10.9. The van der Waals surface area contributed by atoms with Gasteiger partial charge in [0, 0.05) is 25.6 Å². The van der Waals surface area contributed by atoms with Gasteiger partial charge in [-0.1, -0.05) is 62.4 Å². The van der Waals surface area contributed by atoms with E-state index in [4.69, 9.17) is 14.2 Å². The lowest BCUT2D eigenvalue weighted by atomic mass is 9.85. The fraction of sp³-hybridized carbons (Fsp3) is 0.595. The van der Waals surface area contributed by atoms with Crippen LogP contribution in [-0.4, -0.2) is 91.9 Å². The first-order valence-corrected chi connectivity index (χ1v) is 20.4. The van der Waals surface area contributed by atoms with Crippen LogP contribution in [0.1, 0.15) is 77.7 Å². The van der Waals surface area contributed by atoms with E-state index in [2.05, 4.69) is 26.9 Å². The minimum atomic E-state index is -3.90. The molecule has 0 radical (unpaired) electrons. The van der Waals surface area contributed by atoms with Gasteiger partial charge in [0.15, 0.2) is 0 Å². The number of aromatic nitrogens is 1. The van der Waals surface area contributed by atoms with Gasteiger partial charge in [-0.3, -0.25) is 19.1 Å². The van der Waals surface area contributed by atoms with E-state index < -0.39 is 73.6 Å². The van der Waals surface area contributed by atoms with Crippen LogP contribution >= 0.6 is 11.3 Å². The van der Waals surface area contributed by atoms with E-state index in [1.54, 1.807) is 13.3 Å². The Hall–Kier alpha value is -4.02. The standard InChI is InChI=1S/C37H49N5O9S2/c1-7-23-18-37(23,32(45)41-53(47,48)26-16-17-26)40-30(43)27-19-36(50-6,24-14-12-22(13-15-24)28-20-38-34(49-5)52-28)21-42(27)31(44)29(35(2,3)4)39-33(46)51-25-10-8-9-11-25/h7,12-15,20,23,25-27,29H,1,8-11,16-19,21H2,2-6H3,(H,39,46)(H,40,43)(H,41,45)/t23-,27+,29-,36+,37-/m1/s1. The van der Waals surface area contributed by atoms with Crippen molar-refractivity contribution in [3.05, 3.63) is 48.7 Å². The summed E-state index contributed by atoms with van der Waals surface area (Å²) in [6, 6.07) is 5.29. The number of nitrogens with one attached hydrogen (secondary N) is 3. The van der Waals surface area contributed by atoms with Gasteiger partial charge in [-0.25, -0.2) is 18.2 Å². The first kappa shape index (κ1) is 38.7. The molecule has 4 fully saturated rings. The van der Waals surface area contributed by atoms with Crippen molar-refractivity contribution in [2.45, 2.75) is 107 Å². The van der Waals surface area contributed by atoms with Crippen LogP contribution in [0.4, 0.5) is 4.79 Å². The van der Waals surface area contributed by atoms with E-state index in [1.807, 2.05) is 45.0 Å². The average Bonchev–Trinajstić information content (AvgIpc) is 3.91. The summed E-state index contributed by atoms with van der Waals surface area (Å²) in [6.45, 7) is 9.17. The topological polar surface area (TPSA) is 182 Å². The van der Waals surface area contributed by atoms with Gasteiger partial charge >= 0.3 is 6.09 Å². The smallest absolute Gasteiger partial charge is 0.408 e. The highest BCUT2D eigenvalue weighted by Crippen LogP contribution is 2.47. The van der Waals surface area contributed by atoms with Crippen LogP contribution in [-0.2, 0) is 39.5 Å². The Kier molecular flexibility index (Phi) is 10.7. The summed E-state index contributed by atoms with van der Waals surface area (Å²) in [4.78, 5) is 62.4. The summed E-state index contributed by atoms with van der Waals surface area (Å²) >= 11 is 1.39. The van der Waals surface area contributed by atoms with E-state index in [-0.39, 0.29) is 25.5 Å². The monoisotopic (exact) mass is 771 g/mol. The Morgan fingerprint density at radius 2 is 1.74 bits per heavy atom. The first-order valence-electron chi connectivity index (χ1n) is 18.0. The summed E-state index contributed by atoms with van der Waals surface area (Å²) in [5, 5.41) is 5.50. The fourth-order valence-corrected chi connectivity index (χ4v) is 9.48. The zero-order chi connectivity index (χ0) is 38.3. The van der Waals surface area contributed by atoms with Crippen molar-refractivity contribution in [2.75, 3.05) is 20.8 Å². The maximum absolute atomic E-state index is 14.7. The first-order chi connectivity index (χ1) is 25.1. The predicted molar refractivity (Wildman–Crippen MR) is 197 cm³/mol. The van der Waals surface area contributed by atoms with Crippen LogP contribution in [0.25, 0.3) is 10.4 Å². The van der Waals surface area contributed by atoms with E-state index in [1.165, 1.54) is 29.4 Å². The van der Waals surface area contributed by atoms with Crippen molar-refractivity contribution < 1.29 is 41.8 Å². The molecule has 6 rings (SSSR count). The van der Waals surface area contributed by atoms with E-state index >= 15 is 0 Å². The largest absolute Gasteiger partial charge is 0.473 e. The highest BCUT2D eigenvalue weighted by atomic mass is 32.2. The molecule has 3 saturated carbocycles. The molecule has 16 heteroatoms. The number of benzene rings is 1. The van der Waals surface area contributed by atoms with E-state index in [0.29, 0.717) is 23.6 Å². The molecule has 53 heavy (non-hydrogen) atoms. The molecule has 14 nitrogen and oxygen atoms in total. The number of hydrogen-bond donors (Lipinski definition) is 3. The molecule has 1 aliphatic heterocycles. The predicted octanol–water partition coefficient (Wildman–Crippen LogP) is 4.01. The molecule has 1 saturated heterocycles. The molecule has 1 aromatic carbocycles. The number of ether oxygens (including phenoxy) is 3. The Labute approximate surface area is 314 Å². The molecular formula is C37H49N5O9S2. The zero-order valence-corrected chi connectivity index (χ0v) is 32.4. The highest BCUT2D eigenvalue weighted by Gasteiger charge is 2.62. The third-order valence-corrected chi connectivity index (χ3v) is 13.7. The number of nitrogens with zero attached hydrogens (tertiary/aromatic N) is 2. The summed E-state index contributed by atoms with van der Waals surface area (Å²) < 4.78 is 44.8. The van der Waals surface area contributed by atoms with E-state index in [9.17, 15) is 27.6 Å². The maximum atomic E-state index is 14.7. The zero-order valence-electron chi connectivity index (χ0n) is 30.8. The van der Waals surface area contributed by atoms with Crippen molar-refractivity contribution in [3.8, 4) is 15.6 Å². The Morgan fingerprint density at radius 3 is 2.28 bits per heavy atom. The summed E-state index contributed by atoms with van der Waals surface area (Å²) in [6.07, 6.45) is 6.79. The molecule has 0 bridgehead atoms. The van der Waals surface area contributed by atoms with Crippen molar-refractivity contribution in [1.29, 1.82) is 0 Å². The van der Waals surface area contributed by atoms with Crippen LogP contribution in [0, 0.1) is 11.3 Å². The van der Waals surface area contributed by atoms with Gasteiger partial charge in [-0.05, 0) is 61.5 Å². The number of carbonyl (C=O) groups is 4. The summed E-state index contributed by atoms with van der Waals surface area (Å²) in [5.74, 6) is -2.55. The average molecular weight is 772 g/mol. The minimum Gasteiger partial charge on any atom is -0.473 e. The van der Waals surface area contributed by atoms with Crippen molar-refractivity contribution >= 4 is 45.2 Å². The molecular weight excluding hydrogens is 723 g/mol. The number of thiazole rings is 1. The Bertz CT molecular complexity index is 1850. The number of methoxy groups -OCH3 is 2. The van der Waals surface area contributed by atoms with Gasteiger partial charge in [0.05, 0.1) is 23.8 Å². The van der Waals surface area contributed by atoms with Crippen LogP contribution in [0.5, 0.6) is 5.19 Å². The second kappa shape index (κ2) is 14.7. The molecule has 4 amide bonds. The molecule has 1 aromatic heterocycles. The van der Waals surface area contributed by atoms with Crippen molar-refractivity contribution in [1.82, 2.24) is 25.2 Å². The second-order valence-corrected chi connectivity index (χ2v) is 18.5. The highest BCUT2D eigenvalue weighted by molar-refractivity contribution is 7.91. The van der Waals surface area contributed by atoms with Gasteiger partial charge in [-0.15, -0.1) is 6.58 Å². The molecule has 4 aliphatic rings. The van der Waals surface area contributed by atoms with Crippen molar-refractivity contribution in [2.24, 2.45) is 11.3 Å². The number of hydrogen-bond acceptors (Lipinski definition) is 11. The number of rotatable bonds is 13. The summed E-state index contributed by atoms with van der Waals surface area (Å²) in [5.41, 5.74) is -1.94. The molecule has 2 aromatic rings. The lowest BCUT2D eigenvalue weighted by molar-refractivity contribution is -0.143. The number of carbonyl (C=O) groups excluding carboxylic acids is 4. The maximum Gasteiger partial charge on any atom is 0.408 e. The molecule has 3 aliphatic carbocycles. The Balaban J connectivity index is 1.31. The molecule has 5 atom stereocenters. The molecule has 0 unspecified atom stereocenters. The van der Waals surface area contributed by atoms with E-state index in [0.717, 1.165) is 36.1 Å². The minimum absolute atomic E-state index is 0.00894. The third kappa shape index (κ3) is 7.95. The lowest BCUT2D eigenvalue weighted by Crippen LogP contribution is -2.60. The quantitative estimate of drug-likeness (QED) is 0.252.